The van der Waals surface area contributed by atoms with Gasteiger partial charge in [-0.1, -0.05) is 36.4 Å². The minimum Gasteiger partial charge on any atom is -0.497 e. The number of benzene rings is 2. The lowest BCUT2D eigenvalue weighted by Crippen LogP contribution is -2.56. The van der Waals surface area contributed by atoms with Crippen LogP contribution in [-0.4, -0.2) is 73.3 Å². The number of ether oxygens (including phenoxy) is 3. The Kier molecular flexibility index (Phi) is 7.73. The third-order valence-electron chi connectivity index (χ3n) is 6.78. The molecule has 8 nitrogen and oxygen atoms in total. The van der Waals surface area contributed by atoms with E-state index in [1.165, 1.54) is 4.90 Å². The van der Waals surface area contributed by atoms with Crippen LogP contribution in [0.5, 0.6) is 11.5 Å². The first-order chi connectivity index (χ1) is 17.0. The highest BCUT2D eigenvalue weighted by Crippen LogP contribution is 2.38. The van der Waals surface area contributed by atoms with E-state index in [1.807, 2.05) is 54.6 Å². The van der Waals surface area contributed by atoms with Crippen LogP contribution >= 0.6 is 0 Å². The van der Waals surface area contributed by atoms with Gasteiger partial charge in [0.15, 0.2) is 0 Å². The van der Waals surface area contributed by atoms with Gasteiger partial charge in [-0.15, -0.1) is 0 Å². The standard InChI is InChI=1S/C27H33N3O5/c1-33-20-30-26(32)29(13-7-10-21-8-5-4-6-9-21)25(31)27(30)11-14-28(15-12-27)19-22-16-23(34-2)18-24(17-22)35-3/h4-9,13,16-18H,10-12,14-15,19-20H2,1-3H3. The number of carbonyl (C=O) groups excluding carboxylic acids is 2. The van der Waals surface area contributed by atoms with Crippen molar-refractivity contribution in [2.75, 3.05) is 41.1 Å². The fraction of sp³-hybridized carbons (Fsp3) is 0.407. The van der Waals surface area contributed by atoms with Gasteiger partial charge in [0.2, 0.25) is 0 Å². The molecule has 0 unspecified atom stereocenters. The van der Waals surface area contributed by atoms with E-state index in [9.17, 15) is 9.59 Å². The molecule has 4 rings (SSSR count). The van der Waals surface area contributed by atoms with Crippen molar-refractivity contribution in [3.05, 3.63) is 71.9 Å². The first-order valence-corrected chi connectivity index (χ1v) is 11.8. The van der Waals surface area contributed by atoms with Gasteiger partial charge in [-0.2, -0.15) is 0 Å². The van der Waals surface area contributed by atoms with Crippen LogP contribution in [0.3, 0.4) is 0 Å². The number of allylic oxidation sites excluding steroid dienone is 1. The number of methoxy groups -OCH3 is 3. The highest BCUT2D eigenvalue weighted by Gasteiger charge is 2.57. The number of likely N-dealkylation sites (tertiary alicyclic amines) is 1. The predicted octanol–water partition coefficient (Wildman–Crippen LogP) is 3.66. The van der Waals surface area contributed by atoms with Crippen LogP contribution in [0, 0.1) is 0 Å². The molecule has 2 aromatic rings. The van der Waals surface area contributed by atoms with E-state index in [2.05, 4.69) is 4.90 Å². The van der Waals surface area contributed by atoms with Crippen molar-refractivity contribution in [3.63, 3.8) is 0 Å². The molecule has 0 aliphatic carbocycles. The largest absolute Gasteiger partial charge is 0.497 e. The monoisotopic (exact) mass is 479 g/mol. The Balaban J connectivity index is 1.46. The number of amides is 3. The quantitative estimate of drug-likeness (QED) is 0.511. The topological polar surface area (TPSA) is 71.6 Å². The van der Waals surface area contributed by atoms with Crippen molar-refractivity contribution in [1.29, 1.82) is 0 Å². The van der Waals surface area contributed by atoms with Gasteiger partial charge in [0.1, 0.15) is 23.8 Å². The highest BCUT2D eigenvalue weighted by molar-refractivity contribution is 6.08. The van der Waals surface area contributed by atoms with Gasteiger partial charge in [0.25, 0.3) is 5.91 Å². The number of hydrogen-bond donors (Lipinski definition) is 0. The SMILES string of the molecule is COCN1C(=O)N(C=CCc2ccccc2)C(=O)C12CCN(Cc1cc(OC)cc(OC)c1)CC2. The van der Waals surface area contributed by atoms with Crippen LogP contribution in [0.15, 0.2) is 60.8 Å². The maximum absolute atomic E-state index is 13.6. The van der Waals surface area contributed by atoms with Crippen LogP contribution in [0.4, 0.5) is 4.79 Å². The zero-order valence-electron chi connectivity index (χ0n) is 20.6. The van der Waals surface area contributed by atoms with Crippen molar-refractivity contribution >= 4 is 11.9 Å². The van der Waals surface area contributed by atoms with Crippen LogP contribution in [-0.2, 0) is 22.5 Å². The van der Waals surface area contributed by atoms with Crippen molar-refractivity contribution in [2.24, 2.45) is 0 Å². The molecule has 0 N–H and O–H groups in total. The number of rotatable bonds is 9. The Bertz CT molecular complexity index is 1040. The average molecular weight is 480 g/mol. The number of hydrogen-bond acceptors (Lipinski definition) is 6. The van der Waals surface area contributed by atoms with Crippen molar-refractivity contribution in [1.82, 2.24) is 14.7 Å². The minimum absolute atomic E-state index is 0.0840. The van der Waals surface area contributed by atoms with Crippen molar-refractivity contribution in [3.8, 4) is 11.5 Å². The van der Waals surface area contributed by atoms with E-state index < -0.39 is 5.54 Å². The summed E-state index contributed by atoms with van der Waals surface area (Å²) in [6, 6.07) is 15.5. The molecule has 2 aromatic carbocycles. The fourth-order valence-corrected chi connectivity index (χ4v) is 4.87. The Hall–Kier alpha value is -3.36. The average Bonchev–Trinajstić information content (AvgIpc) is 3.07. The first-order valence-electron chi connectivity index (χ1n) is 11.8. The third kappa shape index (κ3) is 5.18. The summed E-state index contributed by atoms with van der Waals surface area (Å²) in [5.41, 5.74) is 1.31. The summed E-state index contributed by atoms with van der Waals surface area (Å²) in [6.07, 6.45) is 5.22. The summed E-state index contributed by atoms with van der Waals surface area (Å²) in [5, 5.41) is 0. The minimum atomic E-state index is -0.882. The molecule has 0 bridgehead atoms. The van der Waals surface area contributed by atoms with Gasteiger partial charge < -0.3 is 14.2 Å². The molecule has 186 valence electrons. The molecule has 0 saturated carbocycles. The normalized spacial score (nSPS) is 18.1. The Morgan fingerprint density at radius 3 is 2.17 bits per heavy atom. The first kappa shape index (κ1) is 24.8. The maximum atomic E-state index is 13.6. The molecular weight excluding hydrogens is 446 g/mol. The van der Waals surface area contributed by atoms with Crippen molar-refractivity contribution < 1.29 is 23.8 Å². The van der Waals surface area contributed by atoms with Crippen LogP contribution in [0.25, 0.3) is 0 Å². The Morgan fingerprint density at radius 2 is 1.57 bits per heavy atom. The van der Waals surface area contributed by atoms with Gasteiger partial charge >= 0.3 is 6.03 Å². The van der Waals surface area contributed by atoms with Gasteiger partial charge in [-0.05, 0) is 42.5 Å². The number of urea groups is 1. The van der Waals surface area contributed by atoms with E-state index in [-0.39, 0.29) is 18.7 Å². The zero-order chi connectivity index (χ0) is 24.8. The summed E-state index contributed by atoms with van der Waals surface area (Å²) in [6.45, 7) is 2.15. The van der Waals surface area contributed by atoms with Crippen molar-refractivity contribution in [2.45, 2.75) is 31.3 Å². The molecule has 1 spiro atoms. The van der Waals surface area contributed by atoms with Crippen LogP contribution in [0.1, 0.15) is 24.0 Å². The molecule has 0 atom stereocenters. The predicted molar refractivity (Wildman–Crippen MR) is 132 cm³/mol. The molecule has 0 aromatic heterocycles. The molecule has 2 aliphatic rings. The molecule has 2 aliphatic heterocycles. The van der Waals surface area contributed by atoms with Crippen LogP contribution in [0.2, 0.25) is 0 Å². The molecule has 2 saturated heterocycles. The van der Waals surface area contributed by atoms with E-state index in [4.69, 9.17) is 14.2 Å². The van der Waals surface area contributed by atoms with E-state index >= 15 is 0 Å². The lowest BCUT2D eigenvalue weighted by Gasteiger charge is -2.41. The summed E-state index contributed by atoms with van der Waals surface area (Å²) in [5.74, 6) is 1.31. The fourth-order valence-electron chi connectivity index (χ4n) is 4.87. The van der Waals surface area contributed by atoms with E-state index in [0.717, 1.165) is 22.6 Å². The van der Waals surface area contributed by atoms with Gasteiger partial charge in [0.05, 0.1) is 14.2 Å². The smallest absolute Gasteiger partial charge is 0.333 e. The second kappa shape index (κ2) is 10.9. The number of carbonyl (C=O) groups is 2. The van der Waals surface area contributed by atoms with Gasteiger partial charge in [0, 0.05) is 39.0 Å². The number of nitrogens with zero attached hydrogens (tertiary/aromatic N) is 3. The molecule has 0 radical (unpaired) electrons. The maximum Gasteiger partial charge on any atom is 0.333 e. The van der Waals surface area contributed by atoms with Gasteiger partial charge in [-0.25, -0.2) is 9.69 Å². The molecule has 2 heterocycles. The Labute approximate surface area is 206 Å². The van der Waals surface area contributed by atoms with Gasteiger partial charge in [-0.3, -0.25) is 14.6 Å². The molecule has 35 heavy (non-hydrogen) atoms. The summed E-state index contributed by atoms with van der Waals surface area (Å²) >= 11 is 0. The lowest BCUT2D eigenvalue weighted by molar-refractivity contribution is -0.135. The summed E-state index contributed by atoms with van der Waals surface area (Å²) in [4.78, 5) is 31.9. The van der Waals surface area contributed by atoms with E-state index in [1.54, 1.807) is 32.4 Å². The second-order valence-corrected chi connectivity index (χ2v) is 8.91. The third-order valence-corrected chi connectivity index (χ3v) is 6.78. The number of piperidine rings is 1. The summed E-state index contributed by atoms with van der Waals surface area (Å²) in [7, 11) is 4.82. The Morgan fingerprint density at radius 1 is 0.914 bits per heavy atom. The molecular formula is C27H33N3O5. The molecule has 8 heteroatoms. The van der Waals surface area contributed by atoms with Crippen LogP contribution < -0.4 is 9.47 Å². The lowest BCUT2D eigenvalue weighted by atomic mass is 9.86. The van der Waals surface area contributed by atoms with E-state index in [0.29, 0.717) is 38.9 Å². The number of imide groups is 1. The second-order valence-electron chi connectivity index (χ2n) is 8.91. The molecule has 3 amide bonds. The zero-order valence-corrected chi connectivity index (χ0v) is 20.6. The summed E-state index contributed by atoms with van der Waals surface area (Å²) < 4.78 is 16.1. The highest BCUT2D eigenvalue weighted by atomic mass is 16.5. The molecule has 2 fully saturated rings.